The summed E-state index contributed by atoms with van der Waals surface area (Å²) in [5.41, 5.74) is 20.2. The molecule has 35 nitrogen and oxygen atoms in total. The number of sulfone groups is 4. The van der Waals surface area contributed by atoms with Gasteiger partial charge in [-0.25, -0.2) is 55.6 Å². The molecular formula is C91H110N8O27S4. The van der Waals surface area contributed by atoms with Crippen molar-refractivity contribution in [3.05, 3.63) is 228 Å². The molecule has 130 heavy (non-hydrogen) atoms. The topological polar surface area (TPSA) is 518 Å². The second-order valence-corrected chi connectivity index (χ2v) is 42.6. The first-order chi connectivity index (χ1) is 61.3. The number of hydroxylamine groups is 4. The number of nitrogens with one attached hydrogen (secondary N) is 4. The Morgan fingerprint density at radius 1 is 0.369 bits per heavy atom. The van der Waals surface area contributed by atoms with Crippen LogP contribution in [0, 0.1) is 0 Å². The summed E-state index contributed by atoms with van der Waals surface area (Å²) < 4.78 is 111. The monoisotopic (exact) mass is 1870 g/mol. The highest BCUT2D eigenvalue weighted by Crippen LogP contribution is 2.37. The van der Waals surface area contributed by atoms with Crippen LogP contribution in [0.15, 0.2) is 215 Å². The van der Waals surface area contributed by atoms with Crippen molar-refractivity contribution in [1.29, 1.82) is 0 Å². The van der Waals surface area contributed by atoms with Gasteiger partial charge >= 0.3 is 0 Å². The van der Waals surface area contributed by atoms with Gasteiger partial charge in [0.25, 0.3) is 23.6 Å². The summed E-state index contributed by atoms with van der Waals surface area (Å²) in [5, 5.41) is 81.1. The fourth-order valence-electron chi connectivity index (χ4n) is 14.3. The van der Waals surface area contributed by atoms with Gasteiger partial charge in [-0.2, -0.15) is 0 Å². The van der Waals surface area contributed by atoms with Gasteiger partial charge in [0.15, 0.2) is 58.3 Å². The molecule has 10 atom stereocenters. The molecule has 12 rings (SSSR count). The van der Waals surface area contributed by atoms with Crippen LogP contribution < -0.4 is 31.4 Å². The molecule has 0 aliphatic carbocycles. The van der Waals surface area contributed by atoms with Crippen molar-refractivity contribution in [2.24, 2.45) is 20.6 Å². The van der Waals surface area contributed by atoms with E-state index in [0.717, 1.165) is 109 Å². The molecule has 0 aromatic heterocycles. The summed E-state index contributed by atoms with van der Waals surface area (Å²) in [6, 6.07) is 61.3. The average molecular weight is 1880 g/mol. The van der Waals surface area contributed by atoms with E-state index in [1.165, 1.54) is 49.6 Å². The van der Waals surface area contributed by atoms with Crippen molar-refractivity contribution in [3.63, 3.8) is 0 Å². The van der Waals surface area contributed by atoms with Gasteiger partial charge in [-0.15, -0.1) is 0 Å². The van der Waals surface area contributed by atoms with Gasteiger partial charge in [0.2, 0.25) is 0 Å². The first-order valence-corrected chi connectivity index (χ1v) is 48.4. The Morgan fingerprint density at radius 3 is 0.808 bits per heavy atom. The van der Waals surface area contributed by atoms with Crippen LogP contribution in [0.4, 0.5) is 0 Å². The summed E-state index contributed by atoms with van der Waals surface area (Å²) in [6.45, 7) is 9.86. The number of ether oxygens (including phenoxy) is 4. The number of aliphatic hydroxyl groups is 3. The van der Waals surface area contributed by atoms with Gasteiger partial charge in [-0.3, -0.25) is 40.0 Å². The van der Waals surface area contributed by atoms with Crippen LogP contribution in [-0.2, 0) is 93.0 Å². The van der Waals surface area contributed by atoms with E-state index in [-0.39, 0.29) is 45.5 Å². The molecule has 39 heteroatoms. The summed E-state index contributed by atoms with van der Waals surface area (Å²) >= 11 is 0. The Kier molecular flexibility index (Phi) is 34.6. The number of rotatable bonds is 35. The fourth-order valence-corrected chi connectivity index (χ4v) is 17.8. The first kappa shape index (κ1) is 102. The number of oxime groups is 4. The molecule has 4 amide bonds. The highest BCUT2D eigenvalue weighted by Gasteiger charge is 2.51. The van der Waals surface area contributed by atoms with Crippen molar-refractivity contribution in [2.75, 3.05) is 72.3 Å². The number of hydrogen-bond donors (Lipinski definition) is 11. The van der Waals surface area contributed by atoms with E-state index in [1.807, 2.05) is 194 Å². The fraction of sp³-hybridized carbons (Fsp3) is 0.385. The summed E-state index contributed by atoms with van der Waals surface area (Å²) in [4.78, 5) is 69.7. The zero-order valence-corrected chi connectivity index (χ0v) is 77.0. The molecule has 0 radical (unpaired) electrons. The number of nitrogens with zero attached hydrogens (tertiary/aromatic N) is 4. The van der Waals surface area contributed by atoms with E-state index in [1.54, 1.807) is 28.1 Å². The lowest BCUT2D eigenvalue weighted by Crippen LogP contribution is -2.51. The molecule has 0 fully saturated rings. The highest BCUT2D eigenvalue weighted by atomic mass is 32.2. The average Bonchev–Trinajstić information content (AvgIpc) is 1.30. The van der Waals surface area contributed by atoms with Crippen LogP contribution in [0.1, 0.15) is 132 Å². The van der Waals surface area contributed by atoms with Crippen LogP contribution in [0.2, 0.25) is 0 Å². The number of carbonyl (C=O) groups excluding carboxylic acids is 4. The van der Waals surface area contributed by atoms with E-state index in [9.17, 15) is 63.1 Å². The smallest absolute Gasteiger partial charge is 0.264 e. The number of benzene rings is 8. The van der Waals surface area contributed by atoms with E-state index in [0.29, 0.717) is 67.5 Å². The minimum absolute atomic E-state index is 0.0419. The molecule has 700 valence electrons. The number of hydrogen-bond acceptors (Lipinski definition) is 31. The number of aliphatic hydroxyl groups excluding tert-OH is 2. The van der Waals surface area contributed by atoms with E-state index < -0.39 is 118 Å². The molecule has 4 aliphatic rings. The van der Waals surface area contributed by atoms with Crippen LogP contribution >= 0.6 is 0 Å². The lowest BCUT2D eigenvalue weighted by atomic mass is 9.93. The quantitative estimate of drug-likeness (QED) is 0.01000. The van der Waals surface area contributed by atoms with E-state index in [2.05, 4.69) is 20.6 Å². The normalized spacial score (nSPS) is 18.5. The minimum Gasteiger partial charge on any atom is -0.491 e. The van der Waals surface area contributed by atoms with Gasteiger partial charge in [-0.05, 0) is 144 Å². The van der Waals surface area contributed by atoms with Gasteiger partial charge in [-0.1, -0.05) is 190 Å². The third-order valence-electron chi connectivity index (χ3n) is 23.2. The van der Waals surface area contributed by atoms with Crippen molar-refractivity contribution in [3.8, 4) is 56.0 Å². The Bertz CT molecular complexity index is 5860. The van der Waals surface area contributed by atoms with Gasteiger partial charge < -0.3 is 53.6 Å². The molecular weight excluding hydrogens is 1770 g/mol. The van der Waals surface area contributed by atoms with Crippen LogP contribution in [0.25, 0.3) is 44.5 Å². The molecule has 0 saturated carbocycles. The third kappa shape index (κ3) is 25.4. The first-order valence-electron chi connectivity index (χ1n) is 40.9. The van der Waals surface area contributed by atoms with E-state index in [4.69, 9.17) is 64.2 Å². The molecule has 0 bridgehead atoms. The zero-order chi connectivity index (χ0) is 95.4. The van der Waals surface area contributed by atoms with Crippen molar-refractivity contribution in [2.45, 2.75) is 148 Å². The Balaban J connectivity index is 0.000000195. The Labute approximate surface area is 755 Å². The van der Waals surface area contributed by atoms with Crippen molar-refractivity contribution >= 4 is 85.8 Å². The molecule has 4 heterocycles. The van der Waals surface area contributed by atoms with Crippen LogP contribution in [-0.4, -0.2) is 232 Å². The lowest BCUT2D eigenvalue weighted by molar-refractivity contribution is -0.133. The molecule has 8 aromatic rings. The third-order valence-corrected chi connectivity index (χ3v) is 31.1. The predicted octanol–water partition coefficient (Wildman–Crippen LogP) is 9.49. The van der Waals surface area contributed by atoms with Crippen LogP contribution in [0.3, 0.4) is 0 Å². The molecule has 4 aliphatic heterocycles. The summed E-state index contributed by atoms with van der Waals surface area (Å²) in [7, 11) is -12.1. The van der Waals surface area contributed by atoms with Gasteiger partial charge in [0.05, 0.1) is 48.8 Å². The lowest BCUT2D eigenvalue weighted by Gasteiger charge is -2.26. The summed E-state index contributed by atoms with van der Waals surface area (Å²) in [6.07, 6.45) is 1.59. The molecule has 1 unspecified atom stereocenters. The molecule has 8 aromatic carbocycles. The maximum absolute atomic E-state index is 12.2. The molecule has 0 saturated heterocycles. The largest absolute Gasteiger partial charge is 0.491 e. The summed E-state index contributed by atoms with van der Waals surface area (Å²) in [5.74, 6) is -2.56. The van der Waals surface area contributed by atoms with Gasteiger partial charge in [0.1, 0.15) is 54.7 Å². The highest BCUT2D eigenvalue weighted by molar-refractivity contribution is 7.93. The minimum atomic E-state index is -3.82. The maximum atomic E-state index is 12.2. The number of amides is 4. The second kappa shape index (κ2) is 44.0. The van der Waals surface area contributed by atoms with Crippen molar-refractivity contribution in [1.82, 2.24) is 21.9 Å². The predicted molar refractivity (Wildman–Crippen MR) is 485 cm³/mol. The Morgan fingerprint density at radius 2 is 0.592 bits per heavy atom. The SMILES string of the molecule is COCC(C)(O)c1ccc(-c2ccc(C3=NO[C@@H](C[C@](C)(C(=O)NO)S(C)(=O)=O)C3)cc2)cc1.COCCOc1ccc(-c2ccc(C3=NO[C@@H](C[C@](C)(C(=O)NO)S(C)(=O)=O)C3)cc2)cc1.C[C@@H](O)c1ccc(-c2ccc(C3=NO[C@@H](C[C@](C)(C(=O)NO)S(C)(=O)=O)C3)cc2)cc1.C[C@@](C[C@H]1CC(c2ccc(-c3ccc(OCCO)cc3)cc2)=NO1)(C(=O)NO)S(C)(=O)=O. The van der Waals surface area contributed by atoms with Crippen LogP contribution in [0.5, 0.6) is 11.5 Å². The zero-order valence-electron chi connectivity index (χ0n) is 73.8. The molecule has 0 spiro atoms. The standard InChI is InChI=1S/C24H30N2O7S.C23H28N2O7S.C22H26N2O7S.C22H26N2O6S/c1-23(28,15-32-3)19-11-9-17(10-12-19)16-5-7-18(8-6-16)21-13-20(33-26-21)14-24(2,22(27)25-29)34(4,30)31;1-23(22(26)24-27,33(3,28)29)15-20-14-21(25-32-20)18-6-4-16(5-7-18)17-8-10-19(11-9-17)31-13-12-30-2;1-22(21(26)23-27,32(2,28)29)14-19-13-20(24-31-19)17-5-3-15(4-6-17)16-7-9-18(10-8-16)30-12-11-25;1-14(25)15-4-6-16(7-5-15)17-8-10-18(11-9-17)20-12-19(30-24-20)13-22(2,21(26)23-27)31(3,28)29/h5-12,20,28-29H,13-15H2,1-4H3,(H,25,27);4-11,20,27H,12-15H2,1-3H3,(H,24,26);3-10,19,25,27H,11-14H2,1-2H3,(H,23,26);4-11,14,19,25,27H,12-13H2,1-3H3,(H,23,26)/t20-,23?,24-;20-,23-;19-,22-;14-,19-,22-/m1111/s1. The number of methoxy groups -OCH3 is 2. The van der Waals surface area contributed by atoms with E-state index >= 15 is 0 Å². The number of carbonyl (C=O) groups is 4. The maximum Gasteiger partial charge on any atom is 0.264 e. The Hall–Kier alpha value is -11.4. The van der Waals surface area contributed by atoms with Gasteiger partial charge in [0, 0.05) is 90.6 Å². The second-order valence-electron chi connectivity index (χ2n) is 32.8. The molecule has 11 N–H and O–H groups in total. The van der Waals surface area contributed by atoms with Crippen molar-refractivity contribution < 1.29 is 127 Å².